The number of amides is 1. The van der Waals surface area contributed by atoms with Crippen molar-refractivity contribution in [2.24, 2.45) is 12.0 Å². The van der Waals surface area contributed by atoms with Gasteiger partial charge in [-0.15, -0.1) is 0 Å². The first-order valence-electron chi connectivity index (χ1n) is 9.10. The van der Waals surface area contributed by atoms with Crippen LogP contribution in [0.1, 0.15) is 49.7 Å². The Kier molecular flexibility index (Phi) is 5.84. The SMILES string of the molecule is Cn1c(C(C)(C)C)cc(=NC(=O)c2cccc(Cl)c2Cl)n1C[C@H]1CCCO1. The zero-order chi connectivity index (χ0) is 19.8. The van der Waals surface area contributed by atoms with E-state index >= 15 is 0 Å². The second-order valence-corrected chi connectivity index (χ2v) is 8.68. The molecular weight excluding hydrogens is 385 g/mol. The van der Waals surface area contributed by atoms with Gasteiger partial charge in [-0.2, -0.15) is 4.99 Å². The molecule has 0 unspecified atom stereocenters. The predicted molar refractivity (Wildman–Crippen MR) is 107 cm³/mol. The fraction of sp³-hybridized carbons (Fsp3) is 0.500. The van der Waals surface area contributed by atoms with Crippen molar-refractivity contribution in [3.05, 3.63) is 51.1 Å². The molecule has 0 N–H and O–H groups in total. The number of hydrogen-bond donors (Lipinski definition) is 0. The number of halogens is 2. The molecule has 0 aliphatic carbocycles. The van der Waals surface area contributed by atoms with Gasteiger partial charge in [0.05, 0.1) is 28.3 Å². The lowest BCUT2D eigenvalue weighted by molar-refractivity contribution is 0.0885. The van der Waals surface area contributed by atoms with Gasteiger partial charge >= 0.3 is 0 Å². The molecule has 0 spiro atoms. The minimum atomic E-state index is -0.408. The molecule has 1 aliphatic heterocycles. The highest BCUT2D eigenvalue weighted by Crippen LogP contribution is 2.26. The van der Waals surface area contributed by atoms with E-state index in [1.54, 1.807) is 18.2 Å². The fourth-order valence-corrected chi connectivity index (χ4v) is 3.78. The Morgan fingerprint density at radius 3 is 2.70 bits per heavy atom. The quantitative estimate of drug-likeness (QED) is 0.756. The van der Waals surface area contributed by atoms with Crippen molar-refractivity contribution in [2.45, 2.75) is 51.7 Å². The molecule has 1 aliphatic rings. The van der Waals surface area contributed by atoms with E-state index in [0.29, 0.717) is 22.6 Å². The van der Waals surface area contributed by atoms with Crippen LogP contribution in [0.25, 0.3) is 0 Å². The van der Waals surface area contributed by atoms with E-state index in [1.807, 2.05) is 17.8 Å². The third kappa shape index (κ3) is 4.31. The molecule has 1 aromatic carbocycles. The van der Waals surface area contributed by atoms with Crippen molar-refractivity contribution in [1.82, 2.24) is 9.36 Å². The van der Waals surface area contributed by atoms with E-state index in [9.17, 15) is 4.79 Å². The number of carbonyl (C=O) groups is 1. The van der Waals surface area contributed by atoms with Crippen molar-refractivity contribution < 1.29 is 9.53 Å². The first-order valence-corrected chi connectivity index (χ1v) is 9.86. The topological polar surface area (TPSA) is 48.5 Å². The smallest absolute Gasteiger partial charge is 0.280 e. The Labute approximate surface area is 169 Å². The second-order valence-electron chi connectivity index (χ2n) is 7.90. The lowest BCUT2D eigenvalue weighted by atomic mass is 9.92. The summed E-state index contributed by atoms with van der Waals surface area (Å²) in [6.07, 6.45) is 2.21. The Balaban J connectivity index is 2.08. The van der Waals surface area contributed by atoms with Crippen LogP contribution < -0.4 is 5.49 Å². The third-order valence-corrected chi connectivity index (χ3v) is 5.63. The van der Waals surface area contributed by atoms with Crippen LogP contribution >= 0.6 is 23.2 Å². The Bertz CT molecular complexity index is 916. The van der Waals surface area contributed by atoms with Crippen LogP contribution in [-0.4, -0.2) is 28.0 Å². The molecule has 0 bridgehead atoms. The first kappa shape index (κ1) is 20.2. The lowest BCUT2D eigenvalue weighted by Gasteiger charge is -2.21. The summed E-state index contributed by atoms with van der Waals surface area (Å²) in [5.41, 5.74) is 1.90. The highest BCUT2D eigenvalue weighted by atomic mass is 35.5. The van der Waals surface area contributed by atoms with E-state index in [2.05, 4.69) is 30.4 Å². The standard InChI is InChI=1S/C20H25Cl2N3O2/c1-20(2,3)16-11-17(25(24(16)4)12-13-7-6-10-27-13)23-19(26)14-8-5-9-15(21)18(14)22/h5,8-9,11,13H,6-7,10,12H2,1-4H3/t13-/m1/s1. The first-order chi connectivity index (χ1) is 12.7. The van der Waals surface area contributed by atoms with Gasteiger partial charge in [0, 0.05) is 30.8 Å². The summed E-state index contributed by atoms with van der Waals surface area (Å²) in [4.78, 5) is 17.2. The van der Waals surface area contributed by atoms with Crippen LogP contribution in [0, 0.1) is 0 Å². The molecule has 0 saturated carbocycles. The number of rotatable bonds is 3. The number of nitrogens with zero attached hydrogens (tertiary/aromatic N) is 3. The van der Waals surface area contributed by atoms with Crippen LogP contribution in [0.3, 0.4) is 0 Å². The molecule has 1 amide bonds. The van der Waals surface area contributed by atoms with Crippen molar-refractivity contribution in [1.29, 1.82) is 0 Å². The van der Waals surface area contributed by atoms with E-state index in [1.165, 1.54) is 0 Å². The molecule has 2 heterocycles. The van der Waals surface area contributed by atoms with E-state index in [-0.39, 0.29) is 16.5 Å². The van der Waals surface area contributed by atoms with Crippen LogP contribution in [0.2, 0.25) is 10.0 Å². The van der Waals surface area contributed by atoms with Gasteiger partial charge in [-0.25, -0.2) is 0 Å². The minimum Gasteiger partial charge on any atom is -0.376 e. The summed E-state index contributed by atoms with van der Waals surface area (Å²) in [5.74, 6) is -0.408. The summed E-state index contributed by atoms with van der Waals surface area (Å²) in [6.45, 7) is 7.85. The van der Waals surface area contributed by atoms with Gasteiger partial charge < -0.3 is 4.74 Å². The van der Waals surface area contributed by atoms with Gasteiger partial charge in [0.2, 0.25) is 0 Å². The Morgan fingerprint density at radius 1 is 1.33 bits per heavy atom. The molecule has 27 heavy (non-hydrogen) atoms. The van der Waals surface area contributed by atoms with Crippen molar-refractivity contribution in [2.75, 3.05) is 6.61 Å². The molecule has 7 heteroatoms. The molecule has 5 nitrogen and oxygen atoms in total. The molecule has 1 fully saturated rings. The van der Waals surface area contributed by atoms with Crippen LogP contribution in [0.5, 0.6) is 0 Å². The molecule has 146 valence electrons. The van der Waals surface area contributed by atoms with Gasteiger partial charge in [-0.05, 0) is 25.0 Å². The molecule has 3 rings (SSSR count). The summed E-state index contributed by atoms with van der Waals surface area (Å²) in [6, 6.07) is 6.95. The number of carbonyl (C=O) groups excluding carboxylic acids is 1. The van der Waals surface area contributed by atoms with Gasteiger partial charge in [-0.1, -0.05) is 50.0 Å². The van der Waals surface area contributed by atoms with Crippen LogP contribution in [-0.2, 0) is 23.7 Å². The van der Waals surface area contributed by atoms with Crippen molar-refractivity contribution in [3.63, 3.8) is 0 Å². The third-order valence-electron chi connectivity index (χ3n) is 4.81. The predicted octanol–water partition coefficient (Wildman–Crippen LogP) is 4.35. The zero-order valence-corrected chi connectivity index (χ0v) is 17.6. The average molecular weight is 410 g/mol. The van der Waals surface area contributed by atoms with Crippen molar-refractivity contribution >= 4 is 29.1 Å². The van der Waals surface area contributed by atoms with E-state index in [4.69, 9.17) is 27.9 Å². The minimum absolute atomic E-state index is 0.0858. The lowest BCUT2D eigenvalue weighted by Crippen LogP contribution is -2.30. The van der Waals surface area contributed by atoms with Crippen molar-refractivity contribution in [3.8, 4) is 0 Å². The van der Waals surface area contributed by atoms with E-state index < -0.39 is 5.91 Å². The Hall–Kier alpha value is -1.56. The number of hydrogen-bond acceptors (Lipinski definition) is 2. The highest BCUT2D eigenvalue weighted by molar-refractivity contribution is 6.43. The zero-order valence-electron chi connectivity index (χ0n) is 16.1. The maximum absolute atomic E-state index is 12.8. The highest BCUT2D eigenvalue weighted by Gasteiger charge is 2.24. The molecule has 1 aromatic heterocycles. The summed E-state index contributed by atoms with van der Waals surface area (Å²) >= 11 is 12.2. The summed E-state index contributed by atoms with van der Waals surface area (Å²) in [5, 5.41) is 0.568. The maximum Gasteiger partial charge on any atom is 0.280 e. The fourth-order valence-electron chi connectivity index (χ4n) is 3.40. The number of aromatic nitrogens is 2. The molecular formula is C20H25Cl2N3O2. The second kappa shape index (κ2) is 7.82. The molecule has 1 saturated heterocycles. The number of benzene rings is 1. The van der Waals surface area contributed by atoms with Crippen LogP contribution in [0.15, 0.2) is 29.3 Å². The largest absolute Gasteiger partial charge is 0.376 e. The van der Waals surface area contributed by atoms with Gasteiger partial charge in [-0.3, -0.25) is 14.2 Å². The van der Waals surface area contributed by atoms with Gasteiger partial charge in [0.15, 0.2) is 5.49 Å². The average Bonchev–Trinajstić information content (AvgIpc) is 3.20. The van der Waals surface area contributed by atoms with E-state index in [0.717, 1.165) is 25.1 Å². The molecule has 1 atom stereocenters. The van der Waals surface area contributed by atoms with Crippen LogP contribution in [0.4, 0.5) is 0 Å². The van der Waals surface area contributed by atoms with Gasteiger partial charge in [0.25, 0.3) is 5.91 Å². The maximum atomic E-state index is 12.8. The number of ether oxygens (including phenoxy) is 1. The summed E-state index contributed by atoms with van der Waals surface area (Å²) in [7, 11) is 1.99. The Morgan fingerprint density at radius 2 is 2.07 bits per heavy atom. The summed E-state index contributed by atoms with van der Waals surface area (Å²) < 4.78 is 9.86. The van der Waals surface area contributed by atoms with Gasteiger partial charge in [0.1, 0.15) is 0 Å². The monoisotopic (exact) mass is 409 g/mol. The normalized spacial score (nSPS) is 18.3. The molecule has 0 radical (unpaired) electrons. The molecule has 2 aromatic rings.